The topological polar surface area (TPSA) is 56.7 Å². The van der Waals surface area contributed by atoms with Gasteiger partial charge in [-0.25, -0.2) is 5.43 Å². The molecular formula is C26H28N4O. The molecule has 0 bridgehead atoms. The van der Waals surface area contributed by atoms with Gasteiger partial charge in [0.1, 0.15) is 0 Å². The van der Waals surface area contributed by atoms with Crippen molar-refractivity contribution >= 4 is 28.1 Å². The SMILES string of the molecule is C[C@@H](N[C@H]1CCN(c2ccc(C3=NNC(=O)CC3)cc2)C1)c1cccc2ccccc12. The Morgan fingerprint density at radius 3 is 2.65 bits per heavy atom. The van der Waals surface area contributed by atoms with E-state index in [0.717, 1.165) is 30.8 Å². The first-order valence-electron chi connectivity index (χ1n) is 11.1. The largest absolute Gasteiger partial charge is 0.370 e. The lowest BCUT2D eigenvalue weighted by atomic mass is 9.99. The second-order valence-electron chi connectivity index (χ2n) is 8.53. The van der Waals surface area contributed by atoms with Crippen LogP contribution < -0.4 is 15.6 Å². The maximum Gasteiger partial charge on any atom is 0.240 e. The van der Waals surface area contributed by atoms with Gasteiger partial charge in [0.2, 0.25) is 5.91 Å². The molecule has 31 heavy (non-hydrogen) atoms. The number of benzene rings is 3. The van der Waals surface area contributed by atoms with Crippen LogP contribution >= 0.6 is 0 Å². The van der Waals surface area contributed by atoms with Crippen LogP contribution in [0.2, 0.25) is 0 Å². The van der Waals surface area contributed by atoms with Gasteiger partial charge in [0.25, 0.3) is 0 Å². The smallest absolute Gasteiger partial charge is 0.240 e. The Morgan fingerprint density at radius 2 is 1.84 bits per heavy atom. The zero-order valence-electron chi connectivity index (χ0n) is 17.8. The molecule has 0 aliphatic carbocycles. The minimum absolute atomic E-state index is 0.00583. The highest BCUT2D eigenvalue weighted by atomic mass is 16.2. The van der Waals surface area contributed by atoms with E-state index < -0.39 is 0 Å². The summed E-state index contributed by atoms with van der Waals surface area (Å²) in [6, 6.07) is 24.5. The molecule has 1 fully saturated rings. The fraction of sp³-hybridized carbons (Fsp3) is 0.308. The number of carbonyl (C=O) groups is 1. The molecule has 0 spiro atoms. The van der Waals surface area contributed by atoms with E-state index in [2.05, 4.69) is 94.4 Å². The highest BCUT2D eigenvalue weighted by Crippen LogP contribution is 2.27. The lowest BCUT2D eigenvalue weighted by Gasteiger charge is -2.23. The lowest BCUT2D eigenvalue weighted by molar-refractivity contribution is -0.121. The normalized spacial score (nSPS) is 19.9. The maximum atomic E-state index is 11.3. The first-order valence-corrected chi connectivity index (χ1v) is 11.1. The molecule has 0 unspecified atom stereocenters. The van der Waals surface area contributed by atoms with Gasteiger partial charge < -0.3 is 10.2 Å². The van der Waals surface area contributed by atoms with E-state index in [4.69, 9.17) is 0 Å². The molecule has 5 nitrogen and oxygen atoms in total. The second kappa shape index (κ2) is 8.52. The highest BCUT2D eigenvalue weighted by molar-refractivity contribution is 6.04. The number of fused-ring (bicyclic) bond motifs is 1. The molecule has 2 aliphatic heterocycles. The molecule has 2 heterocycles. The van der Waals surface area contributed by atoms with E-state index in [1.54, 1.807) is 0 Å². The molecule has 0 radical (unpaired) electrons. The van der Waals surface area contributed by atoms with Crippen LogP contribution in [0.5, 0.6) is 0 Å². The number of hydrazone groups is 1. The summed E-state index contributed by atoms with van der Waals surface area (Å²) in [7, 11) is 0. The number of hydrogen-bond acceptors (Lipinski definition) is 4. The van der Waals surface area contributed by atoms with E-state index >= 15 is 0 Å². The number of hydrogen-bond donors (Lipinski definition) is 2. The van der Waals surface area contributed by atoms with Crippen molar-refractivity contribution in [2.45, 2.75) is 38.3 Å². The van der Waals surface area contributed by atoms with Crippen molar-refractivity contribution in [1.29, 1.82) is 0 Å². The van der Waals surface area contributed by atoms with Crippen LogP contribution in [-0.2, 0) is 4.79 Å². The summed E-state index contributed by atoms with van der Waals surface area (Å²) >= 11 is 0. The van der Waals surface area contributed by atoms with Gasteiger partial charge in [0.05, 0.1) is 5.71 Å². The molecule has 0 saturated carbocycles. The molecule has 5 rings (SSSR count). The minimum Gasteiger partial charge on any atom is -0.370 e. The van der Waals surface area contributed by atoms with Crippen LogP contribution in [0, 0.1) is 0 Å². The van der Waals surface area contributed by atoms with Gasteiger partial charge in [0, 0.05) is 43.7 Å². The molecule has 1 amide bonds. The van der Waals surface area contributed by atoms with Gasteiger partial charge in [-0.05, 0) is 47.4 Å². The molecule has 2 aliphatic rings. The predicted octanol–water partition coefficient (Wildman–Crippen LogP) is 4.38. The van der Waals surface area contributed by atoms with Crippen molar-refractivity contribution < 1.29 is 4.79 Å². The van der Waals surface area contributed by atoms with Crippen LogP contribution in [0.25, 0.3) is 10.8 Å². The zero-order valence-corrected chi connectivity index (χ0v) is 17.8. The van der Waals surface area contributed by atoms with Crippen molar-refractivity contribution in [2.24, 2.45) is 5.10 Å². The number of rotatable bonds is 5. The Kier molecular flexibility index (Phi) is 5.43. The van der Waals surface area contributed by atoms with Gasteiger partial charge in [-0.15, -0.1) is 0 Å². The Labute approximate surface area is 183 Å². The van der Waals surface area contributed by atoms with Crippen molar-refractivity contribution in [1.82, 2.24) is 10.7 Å². The quantitative estimate of drug-likeness (QED) is 0.654. The molecule has 2 N–H and O–H groups in total. The third-order valence-electron chi connectivity index (χ3n) is 6.43. The number of anilines is 1. The summed E-state index contributed by atoms with van der Waals surface area (Å²) in [6.07, 6.45) is 2.34. The highest BCUT2D eigenvalue weighted by Gasteiger charge is 2.25. The van der Waals surface area contributed by atoms with Gasteiger partial charge in [-0.1, -0.05) is 54.6 Å². The predicted molar refractivity (Wildman–Crippen MR) is 126 cm³/mol. The summed E-state index contributed by atoms with van der Waals surface area (Å²) in [6.45, 7) is 4.32. The summed E-state index contributed by atoms with van der Waals surface area (Å²) < 4.78 is 0. The third kappa shape index (κ3) is 4.19. The van der Waals surface area contributed by atoms with Gasteiger partial charge >= 0.3 is 0 Å². The van der Waals surface area contributed by atoms with Crippen LogP contribution in [0.15, 0.2) is 71.8 Å². The molecule has 3 aromatic rings. The fourth-order valence-electron chi connectivity index (χ4n) is 4.75. The molecular weight excluding hydrogens is 384 g/mol. The Balaban J connectivity index is 1.23. The number of nitrogens with zero attached hydrogens (tertiary/aromatic N) is 2. The maximum absolute atomic E-state index is 11.3. The van der Waals surface area contributed by atoms with Crippen LogP contribution in [0.4, 0.5) is 5.69 Å². The molecule has 0 aromatic heterocycles. The van der Waals surface area contributed by atoms with E-state index in [1.807, 2.05) is 0 Å². The summed E-state index contributed by atoms with van der Waals surface area (Å²) in [4.78, 5) is 13.7. The summed E-state index contributed by atoms with van der Waals surface area (Å²) in [5.74, 6) is -0.00583. The van der Waals surface area contributed by atoms with Crippen LogP contribution in [-0.4, -0.2) is 30.8 Å². The molecule has 3 aromatic carbocycles. The fourth-order valence-corrected chi connectivity index (χ4v) is 4.75. The Bertz CT molecular complexity index is 1120. The van der Waals surface area contributed by atoms with Gasteiger partial charge in [-0.3, -0.25) is 4.79 Å². The summed E-state index contributed by atoms with van der Waals surface area (Å²) in [5, 5.41) is 10.7. The first-order chi connectivity index (χ1) is 15.2. The van der Waals surface area contributed by atoms with Crippen molar-refractivity contribution in [2.75, 3.05) is 18.0 Å². The number of amides is 1. The minimum atomic E-state index is -0.00583. The number of nitrogens with one attached hydrogen (secondary N) is 2. The van der Waals surface area contributed by atoms with Crippen molar-refractivity contribution in [3.05, 3.63) is 77.9 Å². The van der Waals surface area contributed by atoms with E-state index in [1.165, 1.54) is 22.0 Å². The molecule has 5 heteroatoms. The molecule has 1 saturated heterocycles. The van der Waals surface area contributed by atoms with Gasteiger partial charge in [0.15, 0.2) is 0 Å². The second-order valence-corrected chi connectivity index (χ2v) is 8.53. The first kappa shape index (κ1) is 19.8. The number of carbonyl (C=O) groups excluding carboxylic acids is 1. The Morgan fingerprint density at radius 1 is 1.03 bits per heavy atom. The van der Waals surface area contributed by atoms with Crippen LogP contribution in [0.1, 0.15) is 43.4 Å². The van der Waals surface area contributed by atoms with E-state index in [-0.39, 0.29) is 5.91 Å². The monoisotopic (exact) mass is 412 g/mol. The van der Waals surface area contributed by atoms with E-state index in [9.17, 15) is 4.79 Å². The zero-order chi connectivity index (χ0) is 21.2. The molecule has 2 atom stereocenters. The van der Waals surface area contributed by atoms with E-state index in [0.29, 0.717) is 24.9 Å². The molecule has 158 valence electrons. The third-order valence-corrected chi connectivity index (χ3v) is 6.43. The average molecular weight is 413 g/mol. The van der Waals surface area contributed by atoms with Crippen LogP contribution in [0.3, 0.4) is 0 Å². The standard InChI is InChI=1S/C26H28N4O/c1-18(23-8-4-6-19-5-2-3-7-24(19)23)27-21-15-16-30(17-21)22-11-9-20(10-12-22)25-13-14-26(31)29-28-25/h2-12,18,21,27H,13-17H2,1H3,(H,29,31)/t18-,21+/m1/s1. The average Bonchev–Trinajstić information content (AvgIpc) is 3.28. The Hall–Kier alpha value is -3.18. The summed E-state index contributed by atoms with van der Waals surface area (Å²) in [5.41, 5.74) is 7.22. The van der Waals surface area contributed by atoms with Crippen molar-refractivity contribution in [3.8, 4) is 0 Å². The lowest BCUT2D eigenvalue weighted by Crippen LogP contribution is -2.34. The van der Waals surface area contributed by atoms with Crippen molar-refractivity contribution in [3.63, 3.8) is 0 Å². The van der Waals surface area contributed by atoms with Gasteiger partial charge in [-0.2, -0.15) is 5.10 Å².